The Kier molecular flexibility index (Phi) is 6.81. The highest BCUT2D eigenvalue weighted by Crippen LogP contribution is 2.22. The van der Waals surface area contributed by atoms with E-state index in [2.05, 4.69) is 10.5 Å². The first kappa shape index (κ1) is 20.7. The predicted molar refractivity (Wildman–Crippen MR) is 107 cm³/mol. The van der Waals surface area contributed by atoms with E-state index < -0.39 is 22.5 Å². The van der Waals surface area contributed by atoms with Gasteiger partial charge in [-0.3, -0.25) is 9.10 Å². The Labute approximate surface area is 163 Å². The molecule has 1 amide bonds. The van der Waals surface area contributed by atoms with E-state index in [-0.39, 0.29) is 0 Å². The number of nitrogens with zero attached hydrogens (tertiary/aromatic N) is 2. The molecule has 0 heterocycles. The molecule has 0 saturated heterocycles. The van der Waals surface area contributed by atoms with Crippen LogP contribution in [0.2, 0.25) is 5.02 Å². The standard InChI is InChI=1S/C18H20ClN3O4S/c1-13(14-7-9-15(19)10-8-14)20-21-18(23)12-22(27(3,24)25)16-5-4-6-17(11-16)26-2/h4-11H,12H2,1-3H3,(H,21,23)/b20-13-. The Bertz CT molecular complexity index is 943. The number of methoxy groups -OCH3 is 1. The summed E-state index contributed by atoms with van der Waals surface area (Å²) in [6.07, 6.45) is 1.03. The number of carbonyl (C=O) groups is 1. The molecular formula is C18H20ClN3O4S. The Hall–Kier alpha value is -2.58. The van der Waals surface area contributed by atoms with Gasteiger partial charge in [-0.15, -0.1) is 0 Å². The second-order valence-electron chi connectivity index (χ2n) is 5.71. The van der Waals surface area contributed by atoms with Crippen LogP contribution >= 0.6 is 11.6 Å². The van der Waals surface area contributed by atoms with Crippen LogP contribution in [0.1, 0.15) is 12.5 Å². The summed E-state index contributed by atoms with van der Waals surface area (Å²) >= 11 is 5.84. The van der Waals surface area contributed by atoms with Crippen molar-refractivity contribution in [3.8, 4) is 5.75 Å². The van der Waals surface area contributed by atoms with E-state index in [9.17, 15) is 13.2 Å². The second-order valence-corrected chi connectivity index (χ2v) is 8.05. The number of anilines is 1. The molecule has 144 valence electrons. The minimum atomic E-state index is -3.68. The van der Waals surface area contributed by atoms with Crippen molar-refractivity contribution in [2.75, 3.05) is 24.2 Å². The zero-order chi connectivity index (χ0) is 20.0. The molecule has 0 atom stereocenters. The van der Waals surface area contributed by atoms with Crippen molar-refractivity contribution in [1.29, 1.82) is 0 Å². The number of rotatable bonds is 7. The zero-order valence-electron chi connectivity index (χ0n) is 15.1. The average Bonchev–Trinajstić information content (AvgIpc) is 2.63. The van der Waals surface area contributed by atoms with E-state index in [4.69, 9.17) is 16.3 Å². The summed E-state index contributed by atoms with van der Waals surface area (Å²) < 4.78 is 30.3. The van der Waals surface area contributed by atoms with E-state index in [0.717, 1.165) is 16.1 Å². The summed E-state index contributed by atoms with van der Waals surface area (Å²) in [4.78, 5) is 12.2. The molecule has 0 radical (unpaired) electrons. The van der Waals surface area contributed by atoms with E-state index in [1.807, 2.05) is 0 Å². The topological polar surface area (TPSA) is 88.1 Å². The Morgan fingerprint density at radius 1 is 1.22 bits per heavy atom. The van der Waals surface area contributed by atoms with Gasteiger partial charge >= 0.3 is 0 Å². The number of ether oxygens (including phenoxy) is 1. The van der Waals surface area contributed by atoms with Crippen LogP contribution in [0.25, 0.3) is 0 Å². The predicted octanol–water partition coefficient (Wildman–Crippen LogP) is 2.66. The Morgan fingerprint density at radius 2 is 1.89 bits per heavy atom. The molecule has 0 aliphatic heterocycles. The van der Waals surface area contributed by atoms with Gasteiger partial charge < -0.3 is 4.74 Å². The summed E-state index contributed by atoms with van der Waals surface area (Å²) in [5.41, 5.74) is 4.05. The molecule has 0 aliphatic carbocycles. The maximum Gasteiger partial charge on any atom is 0.260 e. The summed E-state index contributed by atoms with van der Waals surface area (Å²) in [6, 6.07) is 13.4. The quantitative estimate of drug-likeness (QED) is 0.562. The maximum atomic E-state index is 12.2. The SMILES string of the molecule is COc1cccc(N(CC(=O)N/N=C(/C)c2ccc(Cl)cc2)S(C)(=O)=O)c1. The van der Waals surface area contributed by atoms with E-state index in [0.29, 0.717) is 22.2 Å². The van der Waals surface area contributed by atoms with Crippen molar-refractivity contribution in [2.45, 2.75) is 6.92 Å². The van der Waals surface area contributed by atoms with Gasteiger partial charge in [-0.05, 0) is 36.8 Å². The average molecular weight is 410 g/mol. The molecule has 27 heavy (non-hydrogen) atoms. The smallest absolute Gasteiger partial charge is 0.260 e. The molecule has 1 N–H and O–H groups in total. The van der Waals surface area contributed by atoms with Crippen LogP contribution in [0.4, 0.5) is 5.69 Å². The summed E-state index contributed by atoms with van der Waals surface area (Å²) in [5, 5.41) is 4.61. The molecule has 7 nitrogen and oxygen atoms in total. The third-order valence-corrected chi connectivity index (χ3v) is 5.03. The lowest BCUT2D eigenvalue weighted by Gasteiger charge is -2.21. The van der Waals surface area contributed by atoms with E-state index in [1.165, 1.54) is 13.2 Å². The first-order chi connectivity index (χ1) is 12.7. The fraction of sp³-hybridized carbons (Fsp3) is 0.222. The molecule has 0 fully saturated rings. The monoisotopic (exact) mass is 409 g/mol. The molecule has 0 bridgehead atoms. The molecule has 0 spiro atoms. The number of hydrogen-bond acceptors (Lipinski definition) is 5. The normalized spacial score (nSPS) is 11.8. The molecule has 0 saturated carbocycles. The highest BCUT2D eigenvalue weighted by molar-refractivity contribution is 7.92. The van der Waals surface area contributed by atoms with Crippen LogP contribution in [-0.2, 0) is 14.8 Å². The minimum Gasteiger partial charge on any atom is -0.497 e. The van der Waals surface area contributed by atoms with Gasteiger partial charge in [-0.1, -0.05) is 29.8 Å². The molecule has 0 unspecified atom stereocenters. The van der Waals surface area contributed by atoms with Gasteiger partial charge in [0, 0.05) is 11.1 Å². The number of benzene rings is 2. The third-order valence-electron chi connectivity index (χ3n) is 3.64. The highest BCUT2D eigenvalue weighted by atomic mass is 35.5. The van der Waals surface area contributed by atoms with Gasteiger partial charge in [0.15, 0.2) is 0 Å². The zero-order valence-corrected chi connectivity index (χ0v) is 16.7. The lowest BCUT2D eigenvalue weighted by molar-refractivity contribution is -0.119. The van der Waals surface area contributed by atoms with Gasteiger partial charge in [0.05, 0.1) is 24.8 Å². The minimum absolute atomic E-state index is 0.324. The first-order valence-corrected chi connectivity index (χ1v) is 10.1. The molecule has 2 aromatic rings. The van der Waals surface area contributed by atoms with Crippen molar-refractivity contribution in [3.05, 3.63) is 59.1 Å². The van der Waals surface area contributed by atoms with Gasteiger partial charge in [0.2, 0.25) is 10.0 Å². The summed E-state index contributed by atoms with van der Waals surface area (Å²) in [7, 11) is -2.20. The lowest BCUT2D eigenvalue weighted by Crippen LogP contribution is -2.39. The number of hydrazone groups is 1. The van der Waals surface area contributed by atoms with Gasteiger partial charge in [-0.2, -0.15) is 5.10 Å². The summed E-state index contributed by atoms with van der Waals surface area (Å²) in [6.45, 7) is 1.31. The number of hydrogen-bond donors (Lipinski definition) is 1. The van der Waals surface area contributed by atoms with Crippen LogP contribution in [0.5, 0.6) is 5.75 Å². The van der Waals surface area contributed by atoms with Crippen molar-refractivity contribution >= 4 is 38.9 Å². The molecule has 0 aromatic heterocycles. The van der Waals surface area contributed by atoms with Gasteiger partial charge in [0.1, 0.15) is 12.3 Å². The van der Waals surface area contributed by atoms with Crippen LogP contribution in [0, 0.1) is 0 Å². The fourth-order valence-electron chi connectivity index (χ4n) is 2.23. The van der Waals surface area contributed by atoms with Gasteiger partial charge in [0.25, 0.3) is 5.91 Å². The van der Waals surface area contributed by atoms with Crippen LogP contribution in [-0.4, -0.2) is 39.9 Å². The van der Waals surface area contributed by atoms with Crippen molar-refractivity contribution in [3.63, 3.8) is 0 Å². The Balaban J connectivity index is 2.14. The highest BCUT2D eigenvalue weighted by Gasteiger charge is 2.21. The Morgan fingerprint density at radius 3 is 2.48 bits per heavy atom. The van der Waals surface area contributed by atoms with Gasteiger partial charge in [-0.25, -0.2) is 13.8 Å². The third kappa shape index (κ3) is 5.97. The molecular weight excluding hydrogens is 390 g/mol. The first-order valence-electron chi connectivity index (χ1n) is 7.91. The summed E-state index contributed by atoms with van der Waals surface area (Å²) in [5.74, 6) is -0.0882. The van der Waals surface area contributed by atoms with Crippen LogP contribution in [0.15, 0.2) is 53.6 Å². The maximum absolute atomic E-state index is 12.2. The van der Waals surface area contributed by atoms with Crippen molar-refractivity contribution < 1.29 is 17.9 Å². The van der Waals surface area contributed by atoms with E-state index >= 15 is 0 Å². The molecule has 0 aliphatic rings. The molecule has 2 aromatic carbocycles. The van der Waals surface area contributed by atoms with Crippen molar-refractivity contribution in [2.24, 2.45) is 5.10 Å². The van der Waals surface area contributed by atoms with E-state index in [1.54, 1.807) is 49.4 Å². The fourth-order valence-corrected chi connectivity index (χ4v) is 3.21. The lowest BCUT2D eigenvalue weighted by atomic mass is 10.1. The number of nitrogens with one attached hydrogen (secondary N) is 1. The largest absolute Gasteiger partial charge is 0.497 e. The van der Waals surface area contributed by atoms with Crippen molar-refractivity contribution in [1.82, 2.24) is 5.43 Å². The number of amides is 1. The number of carbonyl (C=O) groups excluding carboxylic acids is 1. The second kappa shape index (κ2) is 8.88. The van der Waals surface area contributed by atoms with Crippen LogP contribution < -0.4 is 14.5 Å². The number of halogens is 1. The molecule has 2 rings (SSSR count). The van der Waals surface area contributed by atoms with Crippen LogP contribution in [0.3, 0.4) is 0 Å². The number of sulfonamides is 1. The molecule has 9 heteroatoms.